The van der Waals surface area contributed by atoms with Gasteiger partial charge in [-0.2, -0.15) is 5.10 Å². The fraction of sp³-hybridized carbons (Fsp3) is 0.750. The topological polar surface area (TPSA) is 59.3 Å². The normalized spacial score (nSPS) is 16.8. The van der Waals surface area contributed by atoms with Gasteiger partial charge in [0.15, 0.2) is 0 Å². The van der Waals surface area contributed by atoms with Crippen LogP contribution in [0.2, 0.25) is 0 Å². The summed E-state index contributed by atoms with van der Waals surface area (Å²) in [7, 11) is 3.55. The summed E-state index contributed by atoms with van der Waals surface area (Å²) < 4.78 is 6.81. The number of aromatic nitrogens is 2. The Bertz CT molecular complexity index is 336. The van der Waals surface area contributed by atoms with Crippen LogP contribution in [0.3, 0.4) is 0 Å². The van der Waals surface area contributed by atoms with Crippen molar-refractivity contribution in [3.63, 3.8) is 0 Å². The molecule has 1 aromatic rings. The van der Waals surface area contributed by atoms with Crippen LogP contribution < -0.4 is 5.32 Å². The summed E-state index contributed by atoms with van der Waals surface area (Å²) in [5.41, 5.74) is 0.357. The first kappa shape index (κ1) is 14.2. The van der Waals surface area contributed by atoms with Gasteiger partial charge in [0.2, 0.25) is 0 Å². The van der Waals surface area contributed by atoms with Gasteiger partial charge in [0, 0.05) is 46.0 Å². The number of hydrogen-bond donors (Lipinski definition) is 2. The van der Waals surface area contributed by atoms with Crippen LogP contribution in [0.4, 0.5) is 0 Å². The molecule has 0 spiro atoms. The number of nitrogens with zero attached hydrogens (tertiary/aromatic N) is 2. The van der Waals surface area contributed by atoms with Crippen molar-refractivity contribution in [2.75, 3.05) is 20.3 Å². The van der Waals surface area contributed by atoms with Crippen molar-refractivity contribution < 1.29 is 9.84 Å². The molecule has 5 nitrogen and oxygen atoms in total. The third kappa shape index (κ3) is 4.46. The Kier molecular flexibility index (Phi) is 5.11. The largest absolute Gasteiger partial charge is 0.389 e. The molecule has 98 valence electrons. The van der Waals surface area contributed by atoms with E-state index in [1.165, 1.54) is 0 Å². The zero-order valence-corrected chi connectivity index (χ0v) is 11.1. The SMILES string of the molecule is COCCC(C)(O)CNC(C)c1ccnn1C. The maximum Gasteiger partial charge on any atom is 0.0765 e. The quantitative estimate of drug-likeness (QED) is 0.743. The molecule has 0 aromatic carbocycles. The van der Waals surface area contributed by atoms with E-state index in [4.69, 9.17) is 4.74 Å². The molecule has 0 saturated carbocycles. The van der Waals surface area contributed by atoms with E-state index < -0.39 is 5.60 Å². The lowest BCUT2D eigenvalue weighted by atomic mass is 10.0. The van der Waals surface area contributed by atoms with Gasteiger partial charge in [0.05, 0.1) is 11.3 Å². The maximum atomic E-state index is 10.1. The molecule has 0 fully saturated rings. The van der Waals surface area contributed by atoms with Crippen LogP contribution in [-0.2, 0) is 11.8 Å². The first-order valence-electron chi connectivity index (χ1n) is 5.89. The number of nitrogens with one attached hydrogen (secondary N) is 1. The highest BCUT2D eigenvalue weighted by atomic mass is 16.5. The minimum Gasteiger partial charge on any atom is -0.389 e. The Hall–Kier alpha value is -0.910. The molecule has 17 heavy (non-hydrogen) atoms. The van der Waals surface area contributed by atoms with Gasteiger partial charge in [-0.05, 0) is 19.9 Å². The molecule has 0 saturated heterocycles. The molecule has 2 unspecified atom stereocenters. The zero-order chi connectivity index (χ0) is 12.9. The minimum absolute atomic E-state index is 0.163. The fourth-order valence-corrected chi connectivity index (χ4v) is 1.70. The number of aliphatic hydroxyl groups is 1. The first-order chi connectivity index (χ1) is 7.96. The number of rotatable bonds is 7. The van der Waals surface area contributed by atoms with E-state index in [-0.39, 0.29) is 6.04 Å². The lowest BCUT2D eigenvalue weighted by Gasteiger charge is -2.25. The van der Waals surface area contributed by atoms with E-state index in [2.05, 4.69) is 17.3 Å². The van der Waals surface area contributed by atoms with E-state index >= 15 is 0 Å². The number of hydrogen-bond acceptors (Lipinski definition) is 4. The molecule has 0 radical (unpaired) electrons. The number of aryl methyl sites for hydroxylation is 1. The van der Waals surface area contributed by atoms with Gasteiger partial charge in [0.25, 0.3) is 0 Å². The Balaban J connectivity index is 2.42. The molecule has 1 aromatic heterocycles. The molecular formula is C12H23N3O2. The average Bonchev–Trinajstić information content (AvgIpc) is 2.70. The molecule has 5 heteroatoms. The van der Waals surface area contributed by atoms with Crippen molar-refractivity contribution in [3.05, 3.63) is 18.0 Å². The average molecular weight is 241 g/mol. The summed E-state index contributed by atoms with van der Waals surface area (Å²) in [6, 6.07) is 2.14. The number of ether oxygens (including phenoxy) is 1. The van der Waals surface area contributed by atoms with Crippen LogP contribution in [0.1, 0.15) is 32.0 Å². The van der Waals surface area contributed by atoms with Crippen molar-refractivity contribution in [3.8, 4) is 0 Å². The third-order valence-electron chi connectivity index (χ3n) is 2.94. The van der Waals surface area contributed by atoms with Gasteiger partial charge in [-0.1, -0.05) is 0 Å². The van der Waals surface area contributed by atoms with Gasteiger partial charge in [-0.3, -0.25) is 4.68 Å². The minimum atomic E-state index is -0.747. The maximum absolute atomic E-state index is 10.1. The van der Waals surface area contributed by atoms with Gasteiger partial charge in [-0.25, -0.2) is 0 Å². The second kappa shape index (κ2) is 6.14. The van der Waals surface area contributed by atoms with Gasteiger partial charge < -0.3 is 15.2 Å². The van der Waals surface area contributed by atoms with E-state index in [1.807, 2.05) is 24.7 Å². The molecule has 2 atom stereocenters. The van der Waals surface area contributed by atoms with Crippen LogP contribution in [0, 0.1) is 0 Å². The molecule has 0 aliphatic carbocycles. The van der Waals surface area contributed by atoms with Crippen LogP contribution in [-0.4, -0.2) is 40.7 Å². The van der Waals surface area contributed by atoms with Gasteiger partial charge in [-0.15, -0.1) is 0 Å². The summed E-state index contributed by atoms with van der Waals surface area (Å²) in [5.74, 6) is 0. The summed E-state index contributed by atoms with van der Waals surface area (Å²) in [6.07, 6.45) is 2.39. The molecular weight excluding hydrogens is 218 g/mol. The van der Waals surface area contributed by atoms with Gasteiger partial charge in [0.1, 0.15) is 0 Å². The highest BCUT2D eigenvalue weighted by molar-refractivity contribution is 5.05. The molecule has 0 aliphatic rings. The zero-order valence-electron chi connectivity index (χ0n) is 11.1. The number of methoxy groups -OCH3 is 1. The molecule has 1 rings (SSSR count). The van der Waals surface area contributed by atoms with Crippen LogP contribution in [0.25, 0.3) is 0 Å². The molecule has 0 amide bonds. The van der Waals surface area contributed by atoms with E-state index in [0.29, 0.717) is 19.6 Å². The lowest BCUT2D eigenvalue weighted by molar-refractivity contribution is 0.0229. The summed E-state index contributed by atoms with van der Waals surface area (Å²) in [4.78, 5) is 0. The van der Waals surface area contributed by atoms with Crippen molar-refractivity contribution in [1.82, 2.24) is 15.1 Å². The second-order valence-corrected chi connectivity index (χ2v) is 4.72. The van der Waals surface area contributed by atoms with Crippen LogP contribution in [0.5, 0.6) is 0 Å². The van der Waals surface area contributed by atoms with Gasteiger partial charge >= 0.3 is 0 Å². The highest BCUT2D eigenvalue weighted by Gasteiger charge is 2.21. The summed E-state index contributed by atoms with van der Waals surface area (Å²) >= 11 is 0. The predicted octanol–water partition coefficient (Wildman–Crippen LogP) is 0.858. The Morgan fingerprint density at radius 2 is 2.35 bits per heavy atom. The molecule has 1 heterocycles. The Morgan fingerprint density at radius 1 is 1.65 bits per heavy atom. The second-order valence-electron chi connectivity index (χ2n) is 4.72. The molecule has 0 aliphatic heterocycles. The summed E-state index contributed by atoms with van der Waals surface area (Å²) in [5, 5.41) is 17.5. The third-order valence-corrected chi connectivity index (χ3v) is 2.94. The van der Waals surface area contributed by atoms with Crippen molar-refractivity contribution >= 4 is 0 Å². The first-order valence-corrected chi connectivity index (χ1v) is 5.89. The standard InChI is InChI=1S/C12H23N3O2/c1-10(11-5-7-14-15(11)3)13-9-12(2,16)6-8-17-4/h5,7,10,13,16H,6,8-9H2,1-4H3. The van der Waals surface area contributed by atoms with E-state index in [0.717, 1.165) is 5.69 Å². The fourth-order valence-electron chi connectivity index (χ4n) is 1.70. The van der Waals surface area contributed by atoms with Crippen molar-refractivity contribution in [2.24, 2.45) is 7.05 Å². The Morgan fingerprint density at radius 3 is 2.88 bits per heavy atom. The smallest absolute Gasteiger partial charge is 0.0765 e. The lowest BCUT2D eigenvalue weighted by Crippen LogP contribution is -2.40. The van der Waals surface area contributed by atoms with E-state index in [9.17, 15) is 5.11 Å². The molecule has 0 bridgehead atoms. The van der Waals surface area contributed by atoms with Crippen molar-refractivity contribution in [1.29, 1.82) is 0 Å². The predicted molar refractivity (Wildman–Crippen MR) is 66.7 cm³/mol. The van der Waals surface area contributed by atoms with Crippen LogP contribution >= 0.6 is 0 Å². The van der Waals surface area contributed by atoms with Crippen LogP contribution in [0.15, 0.2) is 12.3 Å². The van der Waals surface area contributed by atoms with E-state index in [1.54, 1.807) is 13.3 Å². The molecule has 2 N–H and O–H groups in total. The summed E-state index contributed by atoms with van der Waals surface area (Å²) in [6.45, 7) is 4.97. The van der Waals surface area contributed by atoms with Crippen molar-refractivity contribution in [2.45, 2.75) is 31.9 Å². The monoisotopic (exact) mass is 241 g/mol. The highest BCUT2D eigenvalue weighted by Crippen LogP contribution is 2.13. The Labute approximate surface area is 103 Å².